The number of rotatable bonds is 7. The molecule has 1 heterocycles. The summed E-state index contributed by atoms with van der Waals surface area (Å²) in [6.07, 6.45) is 1.11. The number of hydrogen-bond donors (Lipinski definition) is 2. The largest absolute Gasteiger partial charge is 0.354 e. The number of anilines is 2. The molecular formula is C13H22FN5O. The highest BCUT2D eigenvalue weighted by molar-refractivity contribution is 5.81. The van der Waals surface area contributed by atoms with Crippen LogP contribution in [0.4, 0.5) is 16.2 Å². The van der Waals surface area contributed by atoms with Gasteiger partial charge in [-0.2, -0.15) is 4.98 Å². The van der Waals surface area contributed by atoms with Crippen molar-refractivity contribution in [3.05, 3.63) is 12.0 Å². The third-order valence-corrected chi connectivity index (χ3v) is 2.53. The molecule has 1 aromatic rings. The average Bonchev–Trinajstić information content (AvgIpc) is 2.38. The highest BCUT2D eigenvalue weighted by Crippen LogP contribution is 2.16. The van der Waals surface area contributed by atoms with E-state index in [2.05, 4.69) is 20.6 Å². The molecule has 0 spiro atoms. The molecule has 6 nitrogen and oxygen atoms in total. The lowest BCUT2D eigenvalue weighted by Crippen LogP contribution is -2.40. The smallest absolute Gasteiger partial charge is 0.239 e. The first-order valence-corrected chi connectivity index (χ1v) is 6.78. The van der Waals surface area contributed by atoms with Crippen molar-refractivity contribution in [3.63, 3.8) is 0 Å². The number of nitrogens with one attached hydrogen (secondary N) is 2. The Morgan fingerprint density at radius 2 is 2.15 bits per heavy atom. The Kier molecular flexibility index (Phi) is 6.14. The normalized spacial score (nSPS) is 10.5. The van der Waals surface area contributed by atoms with Crippen LogP contribution in [0.15, 0.2) is 6.20 Å². The van der Waals surface area contributed by atoms with Crippen molar-refractivity contribution in [1.82, 2.24) is 15.3 Å². The molecule has 0 saturated heterocycles. The summed E-state index contributed by atoms with van der Waals surface area (Å²) >= 11 is 0. The van der Waals surface area contributed by atoms with Crippen LogP contribution in [0, 0.1) is 5.82 Å². The molecule has 112 valence electrons. The first-order valence-electron chi connectivity index (χ1n) is 6.78. The predicted octanol–water partition coefficient (Wildman–Crippen LogP) is 1.40. The second kappa shape index (κ2) is 7.62. The van der Waals surface area contributed by atoms with Gasteiger partial charge in [-0.25, -0.2) is 9.37 Å². The molecule has 1 aromatic heterocycles. The molecule has 0 radical (unpaired) electrons. The summed E-state index contributed by atoms with van der Waals surface area (Å²) in [4.78, 5) is 21.3. The van der Waals surface area contributed by atoms with Crippen LogP contribution in [0.5, 0.6) is 0 Å². The van der Waals surface area contributed by atoms with E-state index in [-0.39, 0.29) is 24.3 Å². The highest BCUT2D eigenvalue weighted by Gasteiger charge is 2.17. The number of hydrogen-bond acceptors (Lipinski definition) is 5. The van der Waals surface area contributed by atoms with E-state index in [9.17, 15) is 9.18 Å². The fourth-order valence-electron chi connectivity index (χ4n) is 1.70. The van der Waals surface area contributed by atoms with Gasteiger partial charge >= 0.3 is 0 Å². The molecule has 0 aromatic carbocycles. The van der Waals surface area contributed by atoms with Crippen molar-refractivity contribution in [2.24, 2.45) is 0 Å². The van der Waals surface area contributed by atoms with Crippen molar-refractivity contribution >= 4 is 17.7 Å². The van der Waals surface area contributed by atoms with E-state index in [0.717, 1.165) is 6.20 Å². The maximum Gasteiger partial charge on any atom is 0.239 e. The molecule has 2 N–H and O–H groups in total. The Bertz CT molecular complexity index is 452. The fourth-order valence-corrected chi connectivity index (χ4v) is 1.70. The van der Waals surface area contributed by atoms with Crippen LogP contribution in [0.25, 0.3) is 0 Å². The van der Waals surface area contributed by atoms with Gasteiger partial charge in [0.05, 0.1) is 12.7 Å². The van der Waals surface area contributed by atoms with Gasteiger partial charge in [0, 0.05) is 19.1 Å². The molecule has 0 aliphatic carbocycles. The molecule has 1 amide bonds. The quantitative estimate of drug-likeness (QED) is 0.791. The van der Waals surface area contributed by atoms with Gasteiger partial charge in [-0.1, -0.05) is 0 Å². The summed E-state index contributed by atoms with van der Waals surface area (Å²) < 4.78 is 13.8. The molecule has 0 saturated carbocycles. The maximum atomic E-state index is 13.8. The number of likely N-dealkylation sites (N-methyl/N-ethyl adjacent to an activating group) is 1. The van der Waals surface area contributed by atoms with Crippen molar-refractivity contribution in [1.29, 1.82) is 0 Å². The van der Waals surface area contributed by atoms with Crippen molar-refractivity contribution in [2.75, 3.05) is 29.9 Å². The van der Waals surface area contributed by atoms with E-state index < -0.39 is 5.82 Å². The van der Waals surface area contributed by atoms with Gasteiger partial charge in [0.25, 0.3) is 0 Å². The summed E-state index contributed by atoms with van der Waals surface area (Å²) in [5, 5.41) is 5.70. The summed E-state index contributed by atoms with van der Waals surface area (Å²) in [7, 11) is 0. The third kappa shape index (κ3) is 4.64. The lowest BCUT2D eigenvalue weighted by Gasteiger charge is -2.22. The molecule has 20 heavy (non-hydrogen) atoms. The Labute approximate surface area is 118 Å². The molecule has 0 aliphatic heterocycles. The van der Waals surface area contributed by atoms with Crippen LogP contribution in [-0.2, 0) is 4.79 Å². The van der Waals surface area contributed by atoms with Gasteiger partial charge in [0.15, 0.2) is 11.6 Å². The number of aromatic nitrogens is 2. The maximum absolute atomic E-state index is 13.8. The molecular weight excluding hydrogens is 261 g/mol. The number of nitrogens with zero attached hydrogens (tertiary/aromatic N) is 3. The standard InChI is InChI=1S/C13H22FN5O/c1-5-15-13-16-7-10(14)12(18-13)19(6-2)8-11(20)17-9(3)4/h7,9H,5-6,8H2,1-4H3,(H,17,20)(H,15,16,18). The Morgan fingerprint density at radius 3 is 2.70 bits per heavy atom. The number of carbonyl (C=O) groups is 1. The van der Waals surface area contributed by atoms with Crippen LogP contribution >= 0.6 is 0 Å². The first-order chi connectivity index (χ1) is 9.47. The second-order valence-electron chi connectivity index (χ2n) is 4.63. The first kappa shape index (κ1) is 16.1. The zero-order valence-corrected chi connectivity index (χ0v) is 12.4. The van der Waals surface area contributed by atoms with E-state index in [1.165, 1.54) is 0 Å². The van der Waals surface area contributed by atoms with Crippen molar-refractivity contribution in [3.8, 4) is 0 Å². The molecule has 7 heteroatoms. The van der Waals surface area contributed by atoms with Gasteiger partial charge in [0.2, 0.25) is 11.9 Å². The van der Waals surface area contributed by atoms with E-state index in [1.807, 2.05) is 27.7 Å². The van der Waals surface area contributed by atoms with Crippen LogP contribution in [0.1, 0.15) is 27.7 Å². The van der Waals surface area contributed by atoms with E-state index in [0.29, 0.717) is 19.0 Å². The van der Waals surface area contributed by atoms with Gasteiger partial charge in [-0.3, -0.25) is 4.79 Å². The third-order valence-electron chi connectivity index (χ3n) is 2.53. The lowest BCUT2D eigenvalue weighted by atomic mass is 10.3. The van der Waals surface area contributed by atoms with Crippen molar-refractivity contribution < 1.29 is 9.18 Å². The predicted molar refractivity (Wildman–Crippen MR) is 77.3 cm³/mol. The van der Waals surface area contributed by atoms with Crippen LogP contribution in [0.3, 0.4) is 0 Å². The Balaban J connectivity index is 2.88. The van der Waals surface area contributed by atoms with Crippen LogP contribution < -0.4 is 15.5 Å². The topological polar surface area (TPSA) is 70.2 Å². The van der Waals surface area contributed by atoms with Gasteiger partial charge < -0.3 is 15.5 Å². The number of halogens is 1. The zero-order valence-electron chi connectivity index (χ0n) is 12.4. The summed E-state index contributed by atoms with van der Waals surface area (Å²) in [6.45, 7) is 8.69. The minimum atomic E-state index is -0.536. The average molecular weight is 283 g/mol. The fraction of sp³-hybridized carbons (Fsp3) is 0.615. The molecule has 0 aliphatic rings. The Morgan fingerprint density at radius 1 is 1.45 bits per heavy atom. The van der Waals surface area contributed by atoms with Gasteiger partial charge in [0.1, 0.15) is 0 Å². The van der Waals surface area contributed by atoms with E-state index >= 15 is 0 Å². The van der Waals surface area contributed by atoms with Gasteiger partial charge in [-0.05, 0) is 27.7 Å². The summed E-state index contributed by atoms with van der Waals surface area (Å²) in [5.41, 5.74) is 0. The summed E-state index contributed by atoms with van der Waals surface area (Å²) in [5.74, 6) is -0.209. The minimum absolute atomic E-state index is 0.0498. The van der Waals surface area contributed by atoms with E-state index in [4.69, 9.17) is 0 Å². The van der Waals surface area contributed by atoms with E-state index in [1.54, 1.807) is 4.90 Å². The number of amides is 1. The Hall–Kier alpha value is -1.92. The molecule has 0 unspecified atom stereocenters. The zero-order chi connectivity index (χ0) is 15.1. The van der Waals surface area contributed by atoms with Crippen molar-refractivity contribution in [2.45, 2.75) is 33.7 Å². The summed E-state index contributed by atoms with van der Waals surface area (Å²) in [6, 6.07) is 0.0498. The molecule has 1 rings (SSSR count). The van der Waals surface area contributed by atoms with Crippen LogP contribution in [0.2, 0.25) is 0 Å². The molecule has 0 bridgehead atoms. The minimum Gasteiger partial charge on any atom is -0.354 e. The number of carbonyl (C=O) groups excluding carboxylic acids is 1. The van der Waals surface area contributed by atoms with Gasteiger partial charge in [-0.15, -0.1) is 0 Å². The second-order valence-corrected chi connectivity index (χ2v) is 4.63. The molecule has 0 atom stereocenters. The lowest BCUT2D eigenvalue weighted by molar-refractivity contribution is -0.120. The van der Waals surface area contributed by atoms with Crippen LogP contribution in [-0.4, -0.2) is 41.6 Å². The monoisotopic (exact) mass is 283 g/mol. The SMILES string of the molecule is CCNc1ncc(F)c(N(CC)CC(=O)NC(C)C)n1. The molecule has 0 fully saturated rings. The highest BCUT2D eigenvalue weighted by atomic mass is 19.1.